The van der Waals surface area contributed by atoms with Crippen molar-refractivity contribution in [3.63, 3.8) is 0 Å². The molecule has 1 N–H and O–H groups in total. The second kappa shape index (κ2) is 5.69. The summed E-state index contributed by atoms with van der Waals surface area (Å²) in [5.41, 5.74) is 0.494. The van der Waals surface area contributed by atoms with E-state index in [-0.39, 0.29) is 11.5 Å². The van der Waals surface area contributed by atoms with Crippen molar-refractivity contribution in [2.75, 3.05) is 24.6 Å². The normalized spacial score (nSPS) is 19.9. The number of thiazole rings is 1. The van der Waals surface area contributed by atoms with Gasteiger partial charge >= 0.3 is 5.97 Å². The Kier molecular flexibility index (Phi) is 4.34. The third kappa shape index (κ3) is 3.12. The first-order chi connectivity index (χ1) is 9.34. The minimum Gasteiger partial charge on any atom is -0.477 e. The number of anilines is 1. The van der Waals surface area contributed by atoms with E-state index in [1.54, 1.807) is 0 Å². The zero-order chi connectivity index (χ0) is 14.9. The highest BCUT2D eigenvalue weighted by molar-refractivity contribution is 7.17. The summed E-state index contributed by atoms with van der Waals surface area (Å²) >= 11 is 1.28. The molecule has 1 aliphatic rings. The van der Waals surface area contributed by atoms with Crippen molar-refractivity contribution in [3.8, 4) is 0 Å². The molecule has 0 amide bonds. The maximum atomic E-state index is 11.4. The Labute approximate surface area is 123 Å². The van der Waals surface area contributed by atoms with Gasteiger partial charge in [0.05, 0.1) is 17.9 Å². The number of aromatic nitrogens is 1. The number of aromatic carboxylic acids is 1. The zero-order valence-electron chi connectivity index (χ0n) is 12.5. The third-order valence-corrected chi connectivity index (χ3v) is 4.73. The number of morpholine rings is 1. The van der Waals surface area contributed by atoms with Crippen LogP contribution in [0.25, 0.3) is 0 Å². The standard InChI is InChI=1S/C14H22N2O3S/c1-5-9(2)10-11(12(17)18)20-13(15-10)16-6-7-19-14(3,4)8-16/h9H,5-8H2,1-4H3,(H,17,18). The highest BCUT2D eigenvalue weighted by Crippen LogP contribution is 2.33. The number of carboxylic acid groups (broad SMARTS) is 1. The van der Waals surface area contributed by atoms with E-state index < -0.39 is 5.97 Å². The first-order valence-corrected chi connectivity index (χ1v) is 7.78. The van der Waals surface area contributed by atoms with Gasteiger partial charge in [0.1, 0.15) is 4.88 Å². The van der Waals surface area contributed by atoms with Gasteiger partial charge in [-0.25, -0.2) is 9.78 Å². The second-order valence-electron chi connectivity index (χ2n) is 5.85. The van der Waals surface area contributed by atoms with Crippen LogP contribution < -0.4 is 4.90 Å². The van der Waals surface area contributed by atoms with Crippen LogP contribution in [0.4, 0.5) is 5.13 Å². The minimum atomic E-state index is -0.878. The van der Waals surface area contributed by atoms with E-state index in [0.29, 0.717) is 17.2 Å². The van der Waals surface area contributed by atoms with Gasteiger partial charge in [0.25, 0.3) is 0 Å². The Morgan fingerprint density at radius 3 is 2.85 bits per heavy atom. The van der Waals surface area contributed by atoms with Gasteiger partial charge in [0.15, 0.2) is 5.13 Å². The van der Waals surface area contributed by atoms with Crippen LogP contribution in [0.1, 0.15) is 55.4 Å². The van der Waals surface area contributed by atoms with Crippen LogP contribution in [0, 0.1) is 0 Å². The van der Waals surface area contributed by atoms with E-state index in [0.717, 1.165) is 24.6 Å². The average Bonchev–Trinajstić information content (AvgIpc) is 2.81. The third-order valence-electron chi connectivity index (χ3n) is 3.61. The fraction of sp³-hybridized carbons (Fsp3) is 0.714. The number of carboxylic acids is 1. The molecular formula is C14H22N2O3S. The molecule has 1 unspecified atom stereocenters. The molecule has 1 aromatic rings. The molecule has 0 saturated carbocycles. The van der Waals surface area contributed by atoms with Crippen LogP contribution in [-0.4, -0.2) is 41.4 Å². The lowest BCUT2D eigenvalue weighted by molar-refractivity contribution is -0.0277. The highest BCUT2D eigenvalue weighted by atomic mass is 32.1. The second-order valence-corrected chi connectivity index (χ2v) is 6.83. The van der Waals surface area contributed by atoms with E-state index >= 15 is 0 Å². The van der Waals surface area contributed by atoms with Gasteiger partial charge in [-0.3, -0.25) is 0 Å². The topological polar surface area (TPSA) is 62.7 Å². The van der Waals surface area contributed by atoms with Crippen molar-refractivity contribution >= 4 is 22.4 Å². The lowest BCUT2D eigenvalue weighted by Gasteiger charge is -2.38. The molecule has 0 spiro atoms. The lowest BCUT2D eigenvalue weighted by atomic mass is 10.0. The summed E-state index contributed by atoms with van der Waals surface area (Å²) in [7, 11) is 0. The van der Waals surface area contributed by atoms with E-state index in [2.05, 4.69) is 9.88 Å². The highest BCUT2D eigenvalue weighted by Gasteiger charge is 2.30. The monoisotopic (exact) mass is 298 g/mol. The molecule has 5 nitrogen and oxygen atoms in total. The van der Waals surface area contributed by atoms with Crippen LogP contribution in [0.5, 0.6) is 0 Å². The molecule has 0 aromatic carbocycles. The zero-order valence-corrected chi connectivity index (χ0v) is 13.3. The van der Waals surface area contributed by atoms with Crippen LogP contribution in [0.3, 0.4) is 0 Å². The molecule has 1 fully saturated rings. The van der Waals surface area contributed by atoms with Crippen molar-refractivity contribution in [1.82, 2.24) is 4.98 Å². The minimum absolute atomic E-state index is 0.167. The molecule has 1 saturated heterocycles. The van der Waals surface area contributed by atoms with Gasteiger partial charge in [-0.2, -0.15) is 0 Å². The van der Waals surface area contributed by atoms with Crippen LogP contribution >= 0.6 is 11.3 Å². The molecular weight excluding hydrogens is 276 g/mol. The predicted octanol–water partition coefficient (Wildman–Crippen LogP) is 2.97. The predicted molar refractivity (Wildman–Crippen MR) is 80.0 cm³/mol. The van der Waals surface area contributed by atoms with Crippen LogP contribution in [0.15, 0.2) is 0 Å². The Hall–Kier alpha value is -1.14. The Balaban J connectivity index is 2.31. The number of nitrogens with zero attached hydrogens (tertiary/aromatic N) is 2. The van der Waals surface area contributed by atoms with Gasteiger partial charge < -0.3 is 14.7 Å². The van der Waals surface area contributed by atoms with Crippen molar-refractivity contribution < 1.29 is 14.6 Å². The molecule has 112 valence electrons. The van der Waals surface area contributed by atoms with Gasteiger partial charge in [-0.15, -0.1) is 0 Å². The number of hydrogen-bond donors (Lipinski definition) is 1. The van der Waals surface area contributed by atoms with Crippen molar-refractivity contribution in [2.45, 2.75) is 45.6 Å². The Bertz CT molecular complexity index is 499. The molecule has 6 heteroatoms. The van der Waals surface area contributed by atoms with E-state index in [4.69, 9.17) is 4.74 Å². The average molecular weight is 298 g/mol. The maximum Gasteiger partial charge on any atom is 0.347 e. The summed E-state index contributed by atoms with van der Waals surface area (Å²) < 4.78 is 5.69. The largest absolute Gasteiger partial charge is 0.477 e. The summed E-state index contributed by atoms with van der Waals surface area (Å²) in [4.78, 5) is 18.5. The Morgan fingerprint density at radius 2 is 2.30 bits per heavy atom. The fourth-order valence-electron chi connectivity index (χ4n) is 2.32. The van der Waals surface area contributed by atoms with Crippen LogP contribution in [-0.2, 0) is 4.74 Å². The van der Waals surface area contributed by atoms with E-state index in [1.807, 2.05) is 27.7 Å². The van der Waals surface area contributed by atoms with E-state index in [9.17, 15) is 9.90 Å². The van der Waals surface area contributed by atoms with Crippen molar-refractivity contribution in [2.24, 2.45) is 0 Å². The summed E-state index contributed by atoms with van der Waals surface area (Å²) in [6.07, 6.45) is 0.887. The molecule has 1 aliphatic heterocycles. The number of carbonyl (C=O) groups is 1. The summed E-state index contributed by atoms with van der Waals surface area (Å²) in [5.74, 6) is -0.711. The summed E-state index contributed by atoms with van der Waals surface area (Å²) in [5, 5.41) is 10.2. The first-order valence-electron chi connectivity index (χ1n) is 6.97. The molecule has 2 rings (SSSR count). The first kappa shape index (κ1) is 15.3. The molecule has 1 atom stereocenters. The lowest BCUT2D eigenvalue weighted by Crippen LogP contribution is -2.48. The molecule has 0 bridgehead atoms. The molecule has 0 radical (unpaired) electrons. The van der Waals surface area contributed by atoms with Crippen molar-refractivity contribution in [1.29, 1.82) is 0 Å². The quantitative estimate of drug-likeness (QED) is 0.926. The molecule has 2 heterocycles. The van der Waals surface area contributed by atoms with Gasteiger partial charge in [0.2, 0.25) is 0 Å². The van der Waals surface area contributed by atoms with Crippen LogP contribution in [0.2, 0.25) is 0 Å². The van der Waals surface area contributed by atoms with Crippen molar-refractivity contribution in [3.05, 3.63) is 10.6 Å². The molecule has 20 heavy (non-hydrogen) atoms. The summed E-state index contributed by atoms with van der Waals surface area (Å²) in [6, 6.07) is 0. The number of ether oxygens (including phenoxy) is 1. The Morgan fingerprint density at radius 1 is 1.60 bits per heavy atom. The maximum absolute atomic E-state index is 11.4. The summed E-state index contributed by atoms with van der Waals surface area (Å²) in [6.45, 7) is 10.3. The smallest absolute Gasteiger partial charge is 0.347 e. The number of hydrogen-bond acceptors (Lipinski definition) is 5. The number of rotatable bonds is 4. The van der Waals surface area contributed by atoms with Gasteiger partial charge in [0, 0.05) is 13.1 Å². The van der Waals surface area contributed by atoms with Gasteiger partial charge in [-0.05, 0) is 26.2 Å². The molecule has 1 aromatic heterocycles. The molecule has 0 aliphatic carbocycles. The van der Waals surface area contributed by atoms with E-state index in [1.165, 1.54) is 11.3 Å². The fourth-order valence-corrected chi connectivity index (χ4v) is 3.37. The SMILES string of the molecule is CCC(C)c1nc(N2CCOC(C)(C)C2)sc1C(=O)O. The van der Waals surface area contributed by atoms with Gasteiger partial charge in [-0.1, -0.05) is 25.2 Å².